The van der Waals surface area contributed by atoms with Crippen molar-refractivity contribution in [2.45, 2.75) is 25.7 Å². The zero-order chi connectivity index (χ0) is 25.4. The van der Waals surface area contributed by atoms with Crippen LogP contribution in [0.2, 0.25) is 0 Å². The molecule has 1 aliphatic heterocycles. The van der Waals surface area contributed by atoms with Crippen LogP contribution in [0.3, 0.4) is 0 Å². The van der Waals surface area contributed by atoms with Crippen molar-refractivity contribution in [3.63, 3.8) is 0 Å². The highest BCUT2D eigenvalue weighted by Gasteiger charge is 2.31. The Labute approximate surface area is 213 Å². The lowest BCUT2D eigenvalue weighted by Crippen LogP contribution is -2.29. The molecule has 35 heavy (non-hydrogen) atoms. The van der Waals surface area contributed by atoms with Crippen molar-refractivity contribution < 1.29 is 29.0 Å². The van der Waals surface area contributed by atoms with Gasteiger partial charge in [-0.3, -0.25) is 14.5 Å². The number of anilines is 1. The highest BCUT2D eigenvalue weighted by molar-refractivity contribution is 8.26. The molecule has 0 radical (unpaired) electrons. The fourth-order valence-electron chi connectivity index (χ4n) is 3.47. The van der Waals surface area contributed by atoms with Gasteiger partial charge in [0.2, 0.25) is 5.91 Å². The fourth-order valence-corrected chi connectivity index (χ4v) is 4.78. The number of rotatable bonds is 11. The molecule has 2 N–H and O–H groups in total. The number of carboxylic acid groups (broad SMARTS) is 1. The van der Waals surface area contributed by atoms with Gasteiger partial charge in [0.05, 0.1) is 24.7 Å². The summed E-state index contributed by atoms with van der Waals surface area (Å²) in [7, 11) is 3.12. The second kappa shape index (κ2) is 12.4. The third-order valence-electron chi connectivity index (χ3n) is 5.26. The van der Waals surface area contributed by atoms with Gasteiger partial charge in [0.25, 0.3) is 5.91 Å². The number of carbonyl (C=O) groups excluding carboxylic acids is 2. The number of thioether (sulfide) groups is 1. The summed E-state index contributed by atoms with van der Waals surface area (Å²) in [6.45, 7) is 0.482. The quantitative estimate of drug-likeness (QED) is 0.250. The summed E-state index contributed by atoms with van der Waals surface area (Å²) in [4.78, 5) is 38.2. The molecule has 2 amide bonds. The van der Waals surface area contributed by atoms with Crippen LogP contribution in [0.5, 0.6) is 11.5 Å². The van der Waals surface area contributed by atoms with Gasteiger partial charge in [-0.15, -0.1) is 0 Å². The zero-order valence-electron chi connectivity index (χ0n) is 19.4. The maximum Gasteiger partial charge on any atom is 0.335 e. The Bertz CT molecular complexity index is 1160. The average molecular weight is 515 g/mol. The third kappa shape index (κ3) is 7.06. The van der Waals surface area contributed by atoms with Gasteiger partial charge in [-0.1, -0.05) is 42.5 Å². The molecule has 184 valence electrons. The highest BCUT2D eigenvalue weighted by atomic mass is 32.2. The number of ether oxygens (including phenoxy) is 2. The molecule has 8 nitrogen and oxygen atoms in total. The largest absolute Gasteiger partial charge is 0.493 e. The Hall–Kier alpha value is -3.37. The lowest BCUT2D eigenvalue weighted by molar-refractivity contribution is -0.122. The maximum atomic E-state index is 12.8. The summed E-state index contributed by atoms with van der Waals surface area (Å²) in [5.74, 6) is -0.174. The number of amides is 2. The van der Waals surface area contributed by atoms with Crippen molar-refractivity contribution >= 4 is 57.8 Å². The number of carbonyl (C=O) groups is 3. The van der Waals surface area contributed by atoms with Crippen LogP contribution in [-0.4, -0.2) is 52.9 Å². The molecule has 1 heterocycles. The number of aromatic carboxylic acids is 1. The zero-order valence-corrected chi connectivity index (χ0v) is 21.0. The van der Waals surface area contributed by atoms with Gasteiger partial charge in [0.1, 0.15) is 4.32 Å². The molecular weight excluding hydrogens is 488 g/mol. The van der Waals surface area contributed by atoms with Crippen molar-refractivity contribution in [2.24, 2.45) is 0 Å². The van der Waals surface area contributed by atoms with Gasteiger partial charge in [-0.05, 0) is 54.8 Å². The number of unbranched alkanes of at least 4 members (excludes halogenated alkanes) is 2. The number of nitrogens with zero attached hydrogens (tertiary/aromatic N) is 1. The Morgan fingerprint density at radius 3 is 2.57 bits per heavy atom. The van der Waals surface area contributed by atoms with Gasteiger partial charge >= 0.3 is 5.97 Å². The summed E-state index contributed by atoms with van der Waals surface area (Å²) in [6.07, 6.45) is 4.17. The van der Waals surface area contributed by atoms with Gasteiger partial charge in [-0.25, -0.2) is 4.79 Å². The van der Waals surface area contributed by atoms with E-state index in [1.165, 1.54) is 23.9 Å². The van der Waals surface area contributed by atoms with Crippen LogP contribution < -0.4 is 14.8 Å². The van der Waals surface area contributed by atoms with Crippen LogP contribution >= 0.6 is 24.0 Å². The van der Waals surface area contributed by atoms with Gasteiger partial charge in [0, 0.05) is 18.7 Å². The molecule has 0 unspecified atom stereocenters. The van der Waals surface area contributed by atoms with Gasteiger partial charge in [0.15, 0.2) is 11.5 Å². The van der Waals surface area contributed by atoms with Crippen molar-refractivity contribution in [3.8, 4) is 11.5 Å². The van der Waals surface area contributed by atoms with Gasteiger partial charge in [-0.2, -0.15) is 0 Å². The molecule has 0 atom stereocenters. The Balaban J connectivity index is 1.46. The van der Waals surface area contributed by atoms with E-state index in [1.54, 1.807) is 49.5 Å². The molecule has 10 heteroatoms. The number of methoxy groups -OCH3 is 2. The van der Waals surface area contributed by atoms with Crippen LogP contribution in [-0.2, 0) is 9.59 Å². The standard InChI is InChI=1S/C25H26N2O6S2/c1-32-19-11-10-16(13-20(19)33-2)14-21-23(29)27(25(34)35-21)12-5-3-4-9-22(28)26-18-8-6-7-17(15-18)24(30)31/h6-8,10-11,13-15H,3-5,9,12H2,1-2H3,(H,26,28)(H,30,31). The number of hydrogen-bond donors (Lipinski definition) is 2. The smallest absolute Gasteiger partial charge is 0.335 e. The Morgan fingerprint density at radius 2 is 1.86 bits per heavy atom. The molecule has 3 rings (SSSR count). The predicted octanol–water partition coefficient (Wildman–Crippen LogP) is 4.80. The SMILES string of the molecule is COc1ccc(C=C2SC(=S)N(CCCCCC(=O)Nc3cccc(C(=O)O)c3)C2=O)cc1OC. The molecule has 0 bridgehead atoms. The molecule has 1 fully saturated rings. The summed E-state index contributed by atoms with van der Waals surface area (Å²) in [6, 6.07) is 11.5. The minimum atomic E-state index is -1.05. The van der Waals surface area contributed by atoms with Crippen molar-refractivity contribution in [3.05, 3.63) is 58.5 Å². The third-order valence-corrected chi connectivity index (χ3v) is 6.64. The van der Waals surface area contributed by atoms with E-state index in [4.69, 9.17) is 26.8 Å². The number of thiocarbonyl (C=S) groups is 1. The number of hydrogen-bond acceptors (Lipinski definition) is 7. The summed E-state index contributed by atoms with van der Waals surface area (Å²) in [5, 5.41) is 11.7. The lowest BCUT2D eigenvalue weighted by Gasteiger charge is -2.14. The molecule has 2 aromatic rings. The molecule has 0 saturated carbocycles. The van der Waals surface area contributed by atoms with Crippen LogP contribution in [0.25, 0.3) is 6.08 Å². The summed E-state index contributed by atoms with van der Waals surface area (Å²) >= 11 is 6.66. The number of nitrogens with one attached hydrogen (secondary N) is 1. The molecule has 2 aromatic carbocycles. The maximum absolute atomic E-state index is 12.8. The normalized spacial score (nSPS) is 14.3. The van der Waals surface area contributed by atoms with Crippen LogP contribution in [0.4, 0.5) is 5.69 Å². The number of carboxylic acids is 1. The first kappa shape index (κ1) is 26.2. The van der Waals surface area contributed by atoms with E-state index >= 15 is 0 Å². The molecule has 0 aromatic heterocycles. The first-order valence-corrected chi connectivity index (χ1v) is 12.2. The minimum Gasteiger partial charge on any atom is -0.493 e. The Kier molecular flexibility index (Phi) is 9.27. The van der Waals surface area contributed by atoms with E-state index < -0.39 is 5.97 Å². The molecule has 0 aliphatic carbocycles. The van der Waals surface area contributed by atoms with E-state index in [1.807, 2.05) is 6.07 Å². The summed E-state index contributed by atoms with van der Waals surface area (Å²) < 4.78 is 11.1. The van der Waals surface area contributed by atoms with Gasteiger partial charge < -0.3 is 19.9 Å². The molecule has 1 aliphatic rings. The van der Waals surface area contributed by atoms with Crippen LogP contribution in [0.1, 0.15) is 41.6 Å². The fraction of sp³-hybridized carbons (Fsp3) is 0.280. The monoisotopic (exact) mass is 514 g/mol. The van der Waals surface area contributed by atoms with Crippen molar-refractivity contribution in [1.29, 1.82) is 0 Å². The minimum absolute atomic E-state index is 0.117. The van der Waals surface area contributed by atoms with Crippen molar-refractivity contribution in [1.82, 2.24) is 4.90 Å². The molecular formula is C25H26N2O6S2. The van der Waals surface area contributed by atoms with Crippen LogP contribution in [0, 0.1) is 0 Å². The van der Waals surface area contributed by atoms with E-state index in [9.17, 15) is 14.4 Å². The molecule has 0 spiro atoms. The second-order valence-corrected chi connectivity index (χ2v) is 9.37. The van der Waals surface area contributed by atoms with E-state index in [-0.39, 0.29) is 17.4 Å². The van der Waals surface area contributed by atoms with E-state index in [2.05, 4.69) is 5.32 Å². The predicted molar refractivity (Wildman–Crippen MR) is 140 cm³/mol. The number of benzene rings is 2. The lowest BCUT2D eigenvalue weighted by atomic mass is 10.1. The van der Waals surface area contributed by atoms with Crippen molar-refractivity contribution in [2.75, 3.05) is 26.1 Å². The Morgan fingerprint density at radius 1 is 1.09 bits per heavy atom. The first-order chi connectivity index (χ1) is 16.8. The summed E-state index contributed by atoms with van der Waals surface area (Å²) in [5.41, 5.74) is 1.38. The highest BCUT2D eigenvalue weighted by Crippen LogP contribution is 2.34. The van der Waals surface area contributed by atoms with E-state index in [0.717, 1.165) is 12.0 Å². The molecule has 1 saturated heterocycles. The van der Waals surface area contributed by atoms with E-state index in [0.29, 0.717) is 52.2 Å². The topological polar surface area (TPSA) is 105 Å². The second-order valence-electron chi connectivity index (χ2n) is 7.69. The van der Waals surface area contributed by atoms with Crippen LogP contribution in [0.15, 0.2) is 47.4 Å². The average Bonchev–Trinajstić information content (AvgIpc) is 3.11. The first-order valence-electron chi connectivity index (χ1n) is 10.9.